The third-order valence-electron chi connectivity index (χ3n) is 3.56. The van der Waals surface area contributed by atoms with Gasteiger partial charge in [-0.25, -0.2) is 0 Å². The van der Waals surface area contributed by atoms with Gasteiger partial charge >= 0.3 is 0 Å². The first-order valence-corrected chi connectivity index (χ1v) is 6.87. The quantitative estimate of drug-likeness (QED) is 0.906. The minimum absolute atomic E-state index is 0.0848. The zero-order valence-electron chi connectivity index (χ0n) is 11.4. The molecule has 3 nitrogen and oxygen atoms in total. The van der Waals surface area contributed by atoms with Gasteiger partial charge in [0.05, 0.1) is 5.69 Å². The van der Waals surface area contributed by atoms with Gasteiger partial charge in [0.2, 0.25) is 5.91 Å². The monoisotopic (exact) mass is 267 g/mol. The topological polar surface area (TPSA) is 38.3 Å². The summed E-state index contributed by atoms with van der Waals surface area (Å²) in [5.74, 6) is 2.16. The zero-order chi connectivity index (χ0) is 13.9. The molecular weight excluding hydrogens is 250 g/mol. The predicted octanol–water partition coefficient (Wildman–Crippen LogP) is 4.07. The van der Waals surface area contributed by atoms with Crippen molar-refractivity contribution in [1.29, 1.82) is 0 Å². The third-order valence-corrected chi connectivity index (χ3v) is 3.56. The molecule has 1 amide bonds. The molecular formula is C17H17NO2. The number of amides is 1. The summed E-state index contributed by atoms with van der Waals surface area (Å²) >= 11 is 0. The van der Waals surface area contributed by atoms with Crippen LogP contribution in [-0.4, -0.2) is 5.91 Å². The van der Waals surface area contributed by atoms with E-state index in [4.69, 9.17) is 4.74 Å². The summed E-state index contributed by atoms with van der Waals surface area (Å²) in [7, 11) is 0. The van der Waals surface area contributed by atoms with Gasteiger partial charge in [0, 0.05) is 5.92 Å². The van der Waals surface area contributed by atoms with Crippen molar-refractivity contribution in [3.63, 3.8) is 0 Å². The van der Waals surface area contributed by atoms with E-state index in [1.165, 1.54) is 0 Å². The van der Waals surface area contributed by atoms with E-state index in [0.29, 0.717) is 11.7 Å². The summed E-state index contributed by atoms with van der Waals surface area (Å²) in [5, 5.41) is 2.96. The highest BCUT2D eigenvalue weighted by molar-refractivity contribution is 5.95. The van der Waals surface area contributed by atoms with Crippen molar-refractivity contribution in [2.75, 3.05) is 5.32 Å². The van der Waals surface area contributed by atoms with Crippen molar-refractivity contribution in [2.24, 2.45) is 11.8 Å². The summed E-state index contributed by atoms with van der Waals surface area (Å²) in [6, 6.07) is 17.1. The Labute approximate surface area is 118 Å². The average Bonchev–Trinajstić information content (AvgIpc) is 3.19. The molecule has 0 radical (unpaired) electrons. The number of hydrogen-bond donors (Lipinski definition) is 1. The van der Waals surface area contributed by atoms with Gasteiger partial charge < -0.3 is 10.1 Å². The Morgan fingerprint density at radius 1 is 1.10 bits per heavy atom. The number of anilines is 1. The Morgan fingerprint density at radius 2 is 1.75 bits per heavy atom. The Balaban J connectivity index is 1.76. The first-order chi connectivity index (χ1) is 9.74. The zero-order valence-corrected chi connectivity index (χ0v) is 11.4. The summed E-state index contributed by atoms with van der Waals surface area (Å²) in [6.45, 7) is 2.09. The van der Waals surface area contributed by atoms with E-state index >= 15 is 0 Å². The van der Waals surface area contributed by atoms with Crippen LogP contribution >= 0.6 is 0 Å². The number of rotatable bonds is 4. The standard InChI is InChI=1S/C17H17NO2/c1-12-11-14(12)17(19)18-15-9-5-6-10-16(15)20-13-7-3-2-4-8-13/h2-10,12,14H,11H2,1H3,(H,18,19). The molecule has 0 aliphatic heterocycles. The lowest BCUT2D eigenvalue weighted by Gasteiger charge is -2.12. The highest BCUT2D eigenvalue weighted by Crippen LogP contribution is 2.39. The van der Waals surface area contributed by atoms with Gasteiger partial charge in [0.25, 0.3) is 0 Å². The Kier molecular flexibility index (Phi) is 3.42. The Morgan fingerprint density at radius 3 is 2.45 bits per heavy atom. The largest absolute Gasteiger partial charge is 0.455 e. The second-order valence-electron chi connectivity index (χ2n) is 5.22. The highest BCUT2D eigenvalue weighted by Gasteiger charge is 2.39. The minimum atomic E-state index is 0.0848. The van der Waals surface area contributed by atoms with Crippen LogP contribution in [0.2, 0.25) is 0 Å². The summed E-state index contributed by atoms with van der Waals surface area (Å²) < 4.78 is 5.82. The summed E-state index contributed by atoms with van der Waals surface area (Å²) in [4.78, 5) is 12.0. The fraction of sp³-hybridized carbons (Fsp3) is 0.235. The first kappa shape index (κ1) is 12.7. The van der Waals surface area contributed by atoms with E-state index < -0.39 is 0 Å². The number of benzene rings is 2. The second kappa shape index (κ2) is 5.37. The van der Waals surface area contributed by atoms with Crippen molar-refractivity contribution in [3.8, 4) is 11.5 Å². The van der Waals surface area contributed by atoms with Gasteiger partial charge in [-0.15, -0.1) is 0 Å². The summed E-state index contributed by atoms with van der Waals surface area (Å²) in [5.41, 5.74) is 0.723. The van der Waals surface area contributed by atoms with E-state index in [1.54, 1.807) is 0 Å². The lowest BCUT2D eigenvalue weighted by atomic mass is 10.2. The molecule has 2 aromatic rings. The van der Waals surface area contributed by atoms with Gasteiger partial charge in [0.1, 0.15) is 5.75 Å². The van der Waals surface area contributed by atoms with Gasteiger partial charge in [-0.05, 0) is 36.6 Å². The second-order valence-corrected chi connectivity index (χ2v) is 5.22. The molecule has 3 rings (SSSR count). The van der Waals surface area contributed by atoms with Crippen molar-refractivity contribution < 1.29 is 9.53 Å². The van der Waals surface area contributed by atoms with Crippen molar-refractivity contribution in [2.45, 2.75) is 13.3 Å². The smallest absolute Gasteiger partial charge is 0.227 e. The molecule has 2 atom stereocenters. The number of para-hydroxylation sites is 3. The molecule has 1 aliphatic carbocycles. The van der Waals surface area contributed by atoms with Crippen LogP contribution in [0.15, 0.2) is 54.6 Å². The van der Waals surface area contributed by atoms with E-state index in [2.05, 4.69) is 12.2 Å². The van der Waals surface area contributed by atoms with E-state index in [1.807, 2.05) is 54.6 Å². The van der Waals surface area contributed by atoms with Gasteiger partial charge in [-0.3, -0.25) is 4.79 Å². The van der Waals surface area contributed by atoms with Gasteiger partial charge in [0.15, 0.2) is 5.75 Å². The Bertz CT molecular complexity index is 609. The van der Waals surface area contributed by atoms with E-state index in [0.717, 1.165) is 17.9 Å². The van der Waals surface area contributed by atoms with Crippen LogP contribution in [-0.2, 0) is 4.79 Å². The number of carbonyl (C=O) groups is 1. The molecule has 1 fully saturated rings. The molecule has 20 heavy (non-hydrogen) atoms. The predicted molar refractivity (Wildman–Crippen MR) is 78.9 cm³/mol. The van der Waals surface area contributed by atoms with Crippen LogP contribution in [0.5, 0.6) is 11.5 Å². The highest BCUT2D eigenvalue weighted by atomic mass is 16.5. The molecule has 1 N–H and O–H groups in total. The van der Waals surface area contributed by atoms with Crippen LogP contribution in [0.3, 0.4) is 0 Å². The SMILES string of the molecule is CC1CC1C(=O)Nc1ccccc1Oc1ccccc1. The molecule has 0 bridgehead atoms. The van der Waals surface area contributed by atoms with Crippen LogP contribution in [0.1, 0.15) is 13.3 Å². The number of carbonyl (C=O) groups excluding carboxylic acids is 1. The van der Waals surface area contributed by atoms with Crippen LogP contribution in [0.4, 0.5) is 5.69 Å². The maximum Gasteiger partial charge on any atom is 0.227 e. The average molecular weight is 267 g/mol. The molecule has 102 valence electrons. The Hall–Kier alpha value is -2.29. The molecule has 2 aromatic carbocycles. The first-order valence-electron chi connectivity index (χ1n) is 6.87. The third kappa shape index (κ3) is 2.82. The van der Waals surface area contributed by atoms with E-state index in [9.17, 15) is 4.79 Å². The molecule has 1 saturated carbocycles. The normalized spacial score (nSPS) is 20.2. The van der Waals surface area contributed by atoms with Crippen LogP contribution < -0.4 is 10.1 Å². The lowest BCUT2D eigenvalue weighted by molar-refractivity contribution is -0.117. The molecule has 0 spiro atoms. The molecule has 3 heteroatoms. The fourth-order valence-electron chi connectivity index (χ4n) is 2.19. The molecule has 0 aromatic heterocycles. The lowest BCUT2D eigenvalue weighted by Crippen LogP contribution is -2.14. The summed E-state index contributed by atoms with van der Waals surface area (Å²) in [6.07, 6.45) is 0.980. The van der Waals surface area contributed by atoms with Crippen molar-refractivity contribution >= 4 is 11.6 Å². The number of hydrogen-bond acceptors (Lipinski definition) is 2. The number of nitrogens with one attached hydrogen (secondary N) is 1. The molecule has 2 unspecified atom stereocenters. The van der Waals surface area contributed by atoms with Crippen molar-refractivity contribution in [3.05, 3.63) is 54.6 Å². The van der Waals surface area contributed by atoms with Crippen molar-refractivity contribution in [1.82, 2.24) is 0 Å². The van der Waals surface area contributed by atoms with Gasteiger partial charge in [-0.2, -0.15) is 0 Å². The van der Waals surface area contributed by atoms with Crippen LogP contribution in [0.25, 0.3) is 0 Å². The molecule has 0 heterocycles. The number of ether oxygens (including phenoxy) is 1. The van der Waals surface area contributed by atoms with E-state index in [-0.39, 0.29) is 11.8 Å². The maximum absolute atomic E-state index is 12.0. The van der Waals surface area contributed by atoms with Crippen LogP contribution in [0, 0.1) is 11.8 Å². The maximum atomic E-state index is 12.0. The van der Waals surface area contributed by atoms with Gasteiger partial charge in [-0.1, -0.05) is 37.3 Å². The molecule has 1 aliphatic rings. The molecule has 0 saturated heterocycles. The minimum Gasteiger partial charge on any atom is -0.455 e. The fourth-order valence-corrected chi connectivity index (χ4v) is 2.19.